The average molecular weight is 1500 g/mol. The maximum absolute atomic E-state index is 14.9. The number of aromatic nitrogens is 3. The van der Waals surface area contributed by atoms with Gasteiger partial charge in [-0.15, -0.1) is 0 Å². The number of imidazole rings is 1. The minimum Gasteiger partial charge on any atom is -0.480 e. The summed E-state index contributed by atoms with van der Waals surface area (Å²) in [6.45, 7) is 16.4. The molecule has 0 aliphatic rings. The largest absolute Gasteiger partial charge is 0.480 e. The van der Waals surface area contributed by atoms with Crippen molar-refractivity contribution in [1.29, 1.82) is 0 Å². The van der Waals surface area contributed by atoms with Crippen molar-refractivity contribution in [2.24, 2.45) is 46.6 Å². The highest BCUT2D eigenvalue weighted by Crippen LogP contribution is 2.22. The number of carbonyl (C=O) groups is 13. The van der Waals surface area contributed by atoms with E-state index in [0.29, 0.717) is 81.3 Å². The molecule has 2 aromatic carbocycles. The number of hydrogen-bond acceptors (Lipinski definition) is 17. The highest BCUT2D eigenvalue weighted by atomic mass is 16.4. The van der Waals surface area contributed by atoms with Crippen LogP contribution < -0.4 is 81.4 Å². The van der Waals surface area contributed by atoms with Crippen molar-refractivity contribution in [3.8, 4) is 0 Å². The molecule has 2 heterocycles. The van der Waals surface area contributed by atoms with E-state index < -0.39 is 162 Å². The fourth-order valence-electron chi connectivity index (χ4n) is 12.2. The van der Waals surface area contributed by atoms with Gasteiger partial charge in [0, 0.05) is 61.6 Å². The number of aliphatic carboxylic acids is 1. The van der Waals surface area contributed by atoms with Crippen molar-refractivity contribution in [3.63, 3.8) is 0 Å². The summed E-state index contributed by atoms with van der Waals surface area (Å²) in [5, 5.41) is 40.9. The Morgan fingerprint density at radius 2 is 0.832 bits per heavy atom. The van der Waals surface area contributed by atoms with Crippen LogP contribution in [0.2, 0.25) is 0 Å². The molecule has 0 saturated heterocycles. The van der Waals surface area contributed by atoms with Gasteiger partial charge < -0.3 is 96.5 Å². The molecule has 592 valence electrons. The Bertz CT molecular complexity index is 3520. The second kappa shape index (κ2) is 47.0. The van der Waals surface area contributed by atoms with E-state index in [-0.39, 0.29) is 76.2 Å². The van der Waals surface area contributed by atoms with E-state index in [1.807, 2.05) is 38.1 Å². The number of fused-ring (bicyclic) bond motifs is 1. The van der Waals surface area contributed by atoms with E-state index in [2.05, 4.69) is 73.4 Å². The van der Waals surface area contributed by atoms with Crippen LogP contribution in [0.15, 0.2) is 73.3 Å². The van der Waals surface area contributed by atoms with Crippen molar-refractivity contribution < 1.29 is 67.4 Å². The molecule has 0 bridgehead atoms. The van der Waals surface area contributed by atoms with Crippen LogP contribution >= 0.6 is 0 Å². The van der Waals surface area contributed by atoms with Gasteiger partial charge in [0.1, 0.15) is 66.5 Å². The van der Waals surface area contributed by atoms with E-state index in [1.54, 1.807) is 78.1 Å². The molecule has 12 amide bonds. The van der Waals surface area contributed by atoms with Gasteiger partial charge in [-0.05, 0) is 138 Å². The van der Waals surface area contributed by atoms with Gasteiger partial charge in [0.05, 0.1) is 6.33 Å². The summed E-state index contributed by atoms with van der Waals surface area (Å²) in [5.41, 5.74) is 25.2. The number of aromatic amines is 2. The zero-order chi connectivity index (χ0) is 79.3. The first-order valence-corrected chi connectivity index (χ1v) is 37.4. The number of para-hydroxylation sites is 1. The fourth-order valence-corrected chi connectivity index (χ4v) is 12.2. The van der Waals surface area contributed by atoms with Crippen LogP contribution in [0.1, 0.15) is 175 Å². The summed E-state index contributed by atoms with van der Waals surface area (Å²) < 4.78 is 0. The van der Waals surface area contributed by atoms with Crippen molar-refractivity contribution in [1.82, 2.24) is 73.4 Å². The minimum absolute atomic E-state index is 0.0264. The summed E-state index contributed by atoms with van der Waals surface area (Å²) >= 11 is 0. The molecule has 0 fully saturated rings. The second-order valence-corrected chi connectivity index (χ2v) is 28.5. The number of carboxylic acids is 1. The van der Waals surface area contributed by atoms with Gasteiger partial charge in [-0.25, -0.2) is 9.78 Å². The van der Waals surface area contributed by atoms with Crippen LogP contribution in [0.3, 0.4) is 0 Å². The number of carbonyl (C=O) groups excluding carboxylic acids is 12. The number of primary amides is 1. The summed E-state index contributed by atoms with van der Waals surface area (Å²) in [5.74, 6) is -12.3. The lowest BCUT2D eigenvalue weighted by molar-refractivity contribution is -0.142. The molecule has 22 N–H and O–H groups in total. The summed E-state index contributed by atoms with van der Waals surface area (Å²) in [7, 11) is 0. The van der Waals surface area contributed by atoms with E-state index in [9.17, 15) is 67.4 Å². The maximum atomic E-state index is 14.9. The number of nitrogens with zero attached hydrogens (tertiary/aromatic N) is 1. The monoisotopic (exact) mass is 1490 g/mol. The lowest BCUT2D eigenvalue weighted by Crippen LogP contribution is -2.62. The van der Waals surface area contributed by atoms with Gasteiger partial charge in [-0.3, -0.25) is 57.5 Å². The highest BCUT2D eigenvalue weighted by Gasteiger charge is 2.39. The Kier molecular flexibility index (Phi) is 39.3. The van der Waals surface area contributed by atoms with Gasteiger partial charge in [0.25, 0.3) is 0 Å². The van der Waals surface area contributed by atoms with Gasteiger partial charge in [0.2, 0.25) is 70.9 Å². The van der Waals surface area contributed by atoms with Crippen molar-refractivity contribution in [2.75, 3.05) is 19.6 Å². The molecule has 2 aromatic heterocycles. The molecule has 107 heavy (non-hydrogen) atoms. The zero-order valence-corrected chi connectivity index (χ0v) is 63.4. The first kappa shape index (κ1) is 89.6. The number of H-pyrrole nitrogens is 2. The maximum Gasteiger partial charge on any atom is 0.326 e. The van der Waals surface area contributed by atoms with Crippen LogP contribution in [0, 0.1) is 23.7 Å². The molecular formula is C75H118N18O14. The third-order valence-corrected chi connectivity index (χ3v) is 18.6. The molecule has 0 aliphatic carbocycles. The minimum atomic E-state index is -1.57. The van der Waals surface area contributed by atoms with E-state index in [0.717, 1.165) is 10.9 Å². The van der Waals surface area contributed by atoms with Gasteiger partial charge in [0.15, 0.2) is 0 Å². The number of nitrogens with two attached hydrogens (primary N) is 4. The van der Waals surface area contributed by atoms with Crippen molar-refractivity contribution >= 4 is 87.8 Å². The molecule has 0 aliphatic heterocycles. The molecule has 0 spiro atoms. The predicted molar refractivity (Wildman–Crippen MR) is 404 cm³/mol. The van der Waals surface area contributed by atoms with Crippen molar-refractivity contribution in [2.45, 2.75) is 244 Å². The van der Waals surface area contributed by atoms with E-state index >= 15 is 0 Å². The van der Waals surface area contributed by atoms with Gasteiger partial charge in [-0.1, -0.05) is 117 Å². The lowest BCUT2D eigenvalue weighted by atomic mass is 9.94. The standard InChI is InChI=1S/C75H118N18O14/c1-10-45(7)63(93-74(105)64(46(8)11-2)92-72(103)58(36-44(5)6)88-70(101)60(38-49-40-81-52-26-16-15-25-51(49)52)90-65(96)53(83-47(9)94)27-17-20-32-76)73(104)85-55(30-31-62(79)95)67(98)87-57(35-43(3)4)68(99)89-59(37-48-23-13-12-14-24-48)69(100)91-61(39-50-41-80-42-82-50)71(102)84-54(28-18-21-33-77)66(97)86-56(75(106)107)29-19-22-34-78/h12-16,23-26,40-46,53-61,63-64,81H,10-11,17-22,27-39,76-78H2,1-9H3,(H2,79,95)(H,80,82)(H,83,94)(H,84,102)(H,85,104)(H,86,97)(H,87,98)(H,88,101)(H,89,99)(H,90,96)(H,91,100)(H,92,103)(H,93,105)(H,106,107)/t45-,46-,53-,54-,55-,56-,57-,58-,59-,60-,61-,63-,64-/m0/s1. The van der Waals surface area contributed by atoms with Crippen LogP contribution in [-0.2, 0) is 81.6 Å². The number of nitrogens with one attached hydrogen (secondary N) is 13. The number of carboxylic acid groups (broad SMARTS) is 1. The van der Waals surface area contributed by atoms with Gasteiger partial charge in [-0.2, -0.15) is 0 Å². The smallest absolute Gasteiger partial charge is 0.326 e. The molecule has 13 atom stereocenters. The van der Waals surface area contributed by atoms with Crippen LogP contribution in [-0.4, -0.2) is 183 Å². The van der Waals surface area contributed by atoms with Crippen molar-refractivity contribution in [3.05, 3.63) is 90.1 Å². The molecule has 4 aromatic rings. The Morgan fingerprint density at radius 3 is 1.30 bits per heavy atom. The van der Waals surface area contributed by atoms with Crippen LogP contribution in [0.5, 0.6) is 0 Å². The normalized spacial score (nSPS) is 15.0. The molecular weight excluding hydrogens is 1380 g/mol. The Balaban J connectivity index is 1.64. The first-order valence-electron chi connectivity index (χ1n) is 37.4. The molecule has 0 radical (unpaired) electrons. The number of hydrogen-bond donors (Lipinski definition) is 18. The van der Waals surface area contributed by atoms with E-state index in [4.69, 9.17) is 22.9 Å². The predicted octanol–water partition coefficient (Wildman–Crippen LogP) is 1.19. The highest BCUT2D eigenvalue weighted by molar-refractivity contribution is 6.00. The van der Waals surface area contributed by atoms with Crippen LogP contribution in [0.25, 0.3) is 10.9 Å². The van der Waals surface area contributed by atoms with E-state index in [1.165, 1.54) is 19.4 Å². The third kappa shape index (κ3) is 31.3. The molecule has 4 rings (SSSR count). The van der Waals surface area contributed by atoms with Crippen LogP contribution in [0.4, 0.5) is 0 Å². The number of unbranched alkanes of at least 4 members (excludes halogenated alkanes) is 3. The average Bonchev–Trinajstić information content (AvgIpc) is 1.43. The Hall–Kier alpha value is -9.82. The fraction of sp³-hybridized carbons (Fsp3) is 0.600. The molecule has 0 unspecified atom stereocenters. The summed E-state index contributed by atoms with van der Waals surface area (Å²) in [6.07, 6.45) is 7.24. The zero-order valence-electron chi connectivity index (χ0n) is 63.4. The number of benzene rings is 2. The van der Waals surface area contributed by atoms with Gasteiger partial charge >= 0.3 is 5.97 Å². The summed E-state index contributed by atoms with van der Waals surface area (Å²) in [4.78, 5) is 193. The summed E-state index contributed by atoms with van der Waals surface area (Å²) in [6, 6.07) is 1.31. The number of rotatable bonds is 51. The first-order chi connectivity index (χ1) is 50.9. The SMILES string of the molecule is CC[C@H](C)[C@H](NC(=O)[C@H](CC(C)C)NC(=O)[C@H](Cc1c[nH]c2ccccc12)NC(=O)[C@H](CCCCN)NC(C)=O)C(=O)N[C@H](C(=O)N[C@@H](CCC(N)=O)C(=O)N[C@@H](CC(C)C)C(=O)N[C@@H](Cc1ccccc1)C(=O)N[C@@H](Cc1cnc[nH]1)C(=O)N[C@@H](CCCCN)C(=O)N[C@@H](CCCCN)C(=O)O)[C@@H](C)CC. The number of amides is 12. The second-order valence-electron chi connectivity index (χ2n) is 28.5. The lowest BCUT2D eigenvalue weighted by Gasteiger charge is -2.31. The third-order valence-electron chi connectivity index (χ3n) is 18.6. The Labute approximate surface area is 626 Å². The molecule has 0 saturated carbocycles. The Morgan fingerprint density at radius 1 is 0.439 bits per heavy atom. The topological polar surface area (TPSA) is 523 Å². The quantitative estimate of drug-likeness (QED) is 0.0276. The molecule has 32 nitrogen and oxygen atoms in total. The molecule has 32 heteroatoms.